The maximum Gasteiger partial charge on any atom is 0.459 e. The summed E-state index contributed by atoms with van der Waals surface area (Å²) >= 11 is 0. The SMILES string of the molecule is COC(=O)CCNC(=O)C(O)C(C)(C)COP(=O)(NC(C(=O)OC)C(C)C)Oc1ccccc1. The molecule has 12 heteroatoms. The minimum absolute atomic E-state index is 0.0220. The van der Waals surface area contributed by atoms with Crippen LogP contribution in [0.3, 0.4) is 0 Å². The second-order valence-corrected chi connectivity index (χ2v) is 10.3. The summed E-state index contributed by atoms with van der Waals surface area (Å²) in [4.78, 5) is 35.7. The first kappa shape index (κ1) is 29.6. The molecule has 0 saturated heterocycles. The maximum atomic E-state index is 13.6. The molecule has 0 heterocycles. The number of carbonyl (C=O) groups excluding carboxylic acids is 3. The summed E-state index contributed by atoms with van der Waals surface area (Å²) in [6, 6.07) is 7.22. The van der Waals surface area contributed by atoms with E-state index in [1.54, 1.807) is 44.2 Å². The van der Waals surface area contributed by atoms with E-state index in [2.05, 4.69) is 15.1 Å². The monoisotopic (exact) mass is 502 g/mol. The number of hydrogen-bond acceptors (Lipinski definition) is 9. The number of rotatable bonds is 14. The highest BCUT2D eigenvalue weighted by molar-refractivity contribution is 7.52. The highest BCUT2D eigenvalue weighted by atomic mass is 31.2. The van der Waals surface area contributed by atoms with Gasteiger partial charge in [0.05, 0.1) is 27.2 Å². The van der Waals surface area contributed by atoms with Crippen molar-refractivity contribution < 1.29 is 42.6 Å². The molecule has 1 rings (SSSR count). The van der Waals surface area contributed by atoms with E-state index in [9.17, 15) is 24.1 Å². The Morgan fingerprint density at radius 3 is 2.24 bits per heavy atom. The molecule has 0 radical (unpaired) electrons. The third-order valence-electron chi connectivity index (χ3n) is 4.84. The first-order valence-corrected chi connectivity index (χ1v) is 12.3. The van der Waals surface area contributed by atoms with Gasteiger partial charge in [0.15, 0.2) is 0 Å². The largest absolute Gasteiger partial charge is 0.469 e. The summed E-state index contributed by atoms with van der Waals surface area (Å²) in [6.45, 7) is 6.13. The second-order valence-electron chi connectivity index (χ2n) is 8.56. The Morgan fingerprint density at radius 2 is 1.71 bits per heavy atom. The molecule has 192 valence electrons. The number of esters is 2. The molecule has 0 aromatic heterocycles. The number of methoxy groups -OCH3 is 2. The lowest BCUT2D eigenvalue weighted by molar-refractivity contribution is -0.144. The molecule has 11 nitrogen and oxygen atoms in total. The number of hydrogen-bond donors (Lipinski definition) is 3. The van der Waals surface area contributed by atoms with Crippen LogP contribution in [0, 0.1) is 11.3 Å². The lowest BCUT2D eigenvalue weighted by atomic mass is 9.87. The Bertz CT molecular complexity index is 861. The quantitative estimate of drug-likeness (QED) is 0.255. The van der Waals surface area contributed by atoms with Gasteiger partial charge in [-0.1, -0.05) is 45.9 Å². The Balaban J connectivity index is 2.99. The fraction of sp³-hybridized carbons (Fsp3) is 0.591. The van der Waals surface area contributed by atoms with Crippen LogP contribution >= 0.6 is 7.75 Å². The molecule has 1 amide bonds. The van der Waals surface area contributed by atoms with Gasteiger partial charge in [0, 0.05) is 12.0 Å². The number of carbonyl (C=O) groups is 3. The predicted octanol–water partition coefficient (Wildman–Crippen LogP) is 2.04. The molecule has 0 spiro atoms. The average Bonchev–Trinajstić information content (AvgIpc) is 2.80. The van der Waals surface area contributed by atoms with Crippen LogP contribution in [0.4, 0.5) is 0 Å². The van der Waals surface area contributed by atoms with E-state index < -0.39 is 43.2 Å². The van der Waals surface area contributed by atoms with Crippen LogP contribution in [0.2, 0.25) is 0 Å². The molecule has 34 heavy (non-hydrogen) atoms. The highest BCUT2D eigenvalue weighted by Gasteiger charge is 2.40. The number of aliphatic hydroxyl groups is 1. The molecule has 3 N–H and O–H groups in total. The van der Waals surface area contributed by atoms with E-state index in [1.807, 2.05) is 0 Å². The number of amides is 1. The molecule has 3 atom stereocenters. The van der Waals surface area contributed by atoms with Gasteiger partial charge in [0.2, 0.25) is 5.91 Å². The van der Waals surface area contributed by atoms with E-state index in [0.29, 0.717) is 0 Å². The van der Waals surface area contributed by atoms with Crippen molar-refractivity contribution in [3.63, 3.8) is 0 Å². The first-order chi connectivity index (χ1) is 15.8. The standard InChI is InChI=1S/C22H35N2O9P/c1-15(2)18(21(28)31-6)24-34(29,33-16-10-8-7-9-11-16)32-14-22(3,4)19(26)20(27)23-13-12-17(25)30-5/h7-11,15,18-19,26H,12-14H2,1-6H3,(H,23,27)(H,24,29). The van der Waals surface area contributed by atoms with Crippen molar-refractivity contribution in [2.75, 3.05) is 27.4 Å². The van der Waals surface area contributed by atoms with Gasteiger partial charge in [0.1, 0.15) is 17.9 Å². The van der Waals surface area contributed by atoms with Gasteiger partial charge in [-0.15, -0.1) is 0 Å². The van der Waals surface area contributed by atoms with Gasteiger partial charge in [0.25, 0.3) is 0 Å². The number of para-hydroxylation sites is 1. The summed E-state index contributed by atoms with van der Waals surface area (Å²) in [5.41, 5.74) is -1.22. The van der Waals surface area contributed by atoms with Crippen LogP contribution in [-0.2, 0) is 32.9 Å². The molecule has 0 aliphatic rings. The Hall–Kier alpha value is -2.46. The van der Waals surface area contributed by atoms with Gasteiger partial charge in [-0.2, -0.15) is 5.09 Å². The van der Waals surface area contributed by atoms with Crippen LogP contribution in [0.5, 0.6) is 5.75 Å². The Kier molecular flexibility index (Phi) is 11.7. The number of benzene rings is 1. The summed E-state index contributed by atoms with van der Waals surface area (Å²) < 4.78 is 34.1. The van der Waals surface area contributed by atoms with E-state index in [1.165, 1.54) is 28.1 Å². The van der Waals surface area contributed by atoms with Gasteiger partial charge >= 0.3 is 19.7 Å². The molecular formula is C22H35N2O9P. The van der Waals surface area contributed by atoms with E-state index in [4.69, 9.17) is 13.8 Å². The predicted molar refractivity (Wildman–Crippen MR) is 124 cm³/mol. The van der Waals surface area contributed by atoms with Crippen molar-refractivity contribution in [1.82, 2.24) is 10.4 Å². The minimum Gasteiger partial charge on any atom is -0.469 e. The van der Waals surface area contributed by atoms with Gasteiger partial charge < -0.3 is 24.4 Å². The Labute approximate surface area is 200 Å². The lowest BCUT2D eigenvalue weighted by Gasteiger charge is -2.32. The number of aliphatic hydroxyl groups excluding tert-OH is 1. The summed E-state index contributed by atoms with van der Waals surface area (Å²) in [5, 5.41) is 15.6. The van der Waals surface area contributed by atoms with Crippen molar-refractivity contribution >= 4 is 25.6 Å². The summed E-state index contributed by atoms with van der Waals surface area (Å²) in [5.74, 6) is -1.99. The highest BCUT2D eigenvalue weighted by Crippen LogP contribution is 2.47. The zero-order valence-corrected chi connectivity index (χ0v) is 21.3. The van der Waals surface area contributed by atoms with Crippen LogP contribution in [-0.4, -0.2) is 62.5 Å². The lowest BCUT2D eigenvalue weighted by Crippen LogP contribution is -2.47. The molecule has 0 saturated carbocycles. The fourth-order valence-corrected chi connectivity index (χ4v) is 4.48. The summed E-state index contributed by atoms with van der Waals surface area (Å²) in [7, 11) is -1.74. The fourth-order valence-electron chi connectivity index (χ4n) is 2.65. The first-order valence-electron chi connectivity index (χ1n) is 10.7. The molecule has 0 aliphatic carbocycles. The number of ether oxygens (including phenoxy) is 2. The molecule has 0 bridgehead atoms. The third-order valence-corrected chi connectivity index (χ3v) is 6.35. The zero-order chi connectivity index (χ0) is 25.9. The van der Waals surface area contributed by atoms with Crippen molar-refractivity contribution in [2.24, 2.45) is 11.3 Å². The van der Waals surface area contributed by atoms with Gasteiger partial charge in [-0.25, -0.2) is 4.57 Å². The van der Waals surface area contributed by atoms with Crippen molar-refractivity contribution in [2.45, 2.75) is 46.3 Å². The topological polar surface area (TPSA) is 149 Å². The van der Waals surface area contributed by atoms with E-state index in [0.717, 1.165) is 0 Å². The second kappa shape index (κ2) is 13.4. The third kappa shape index (κ3) is 9.42. The van der Waals surface area contributed by atoms with Crippen molar-refractivity contribution in [3.05, 3.63) is 30.3 Å². The van der Waals surface area contributed by atoms with E-state index in [-0.39, 0.29) is 31.2 Å². The zero-order valence-electron chi connectivity index (χ0n) is 20.4. The van der Waals surface area contributed by atoms with Crippen LogP contribution < -0.4 is 14.9 Å². The van der Waals surface area contributed by atoms with Gasteiger partial charge in [-0.3, -0.25) is 18.9 Å². The van der Waals surface area contributed by atoms with Crippen molar-refractivity contribution in [1.29, 1.82) is 0 Å². The van der Waals surface area contributed by atoms with Crippen LogP contribution in [0.1, 0.15) is 34.1 Å². The maximum absolute atomic E-state index is 13.6. The van der Waals surface area contributed by atoms with Crippen molar-refractivity contribution in [3.8, 4) is 5.75 Å². The molecule has 1 aromatic carbocycles. The van der Waals surface area contributed by atoms with Gasteiger partial charge in [-0.05, 0) is 18.1 Å². The smallest absolute Gasteiger partial charge is 0.459 e. The number of nitrogens with one attached hydrogen (secondary N) is 2. The molecule has 1 aromatic rings. The van der Waals surface area contributed by atoms with E-state index >= 15 is 0 Å². The van der Waals surface area contributed by atoms with Crippen LogP contribution in [0.15, 0.2) is 30.3 Å². The molecule has 0 fully saturated rings. The average molecular weight is 503 g/mol. The normalized spacial score (nSPS) is 15.1. The molecule has 3 unspecified atom stereocenters. The molecule has 0 aliphatic heterocycles. The Morgan fingerprint density at radius 1 is 1.09 bits per heavy atom. The van der Waals surface area contributed by atoms with Crippen LogP contribution in [0.25, 0.3) is 0 Å². The minimum atomic E-state index is -4.18. The molecular weight excluding hydrogens is 467 g/mol. The summed E-state index contributed by atoms with van der Waals surface area (Å²) in [6.07, 6.45) is -1.61.